The van der Waals surface area contributed by atoms with Gasteiger partial charge in [-0.2, -0.15) is 0 Å². The van der Waals surface area contributed by atoms with E-state index in [0.29, 0.717) is 30.2 Å². The molecule has 2 heterocycles. The number of carbonyl (C=O) groups is 1. The van der Waals surface area contributed by atoms with Gasteiger partial charge in [0.2, 0.25) is 0 Å². The van der Waals surface area contributed by atoms with Crippen molar-refractivity contribution in [1.82, 2.24) is 4.90 Å². The van der Waals surface area contributed by atoms with Crippen LogP contribution in [-0.2, 0) is 16.0 Å². The molecule has 0 N–H and O–H groups in total. The van der Waals surface area contributed by atoms with Crippen LogP contribution in [-0.4, -0.2) is 63.9 Å². The quantitative estimate of drug-likeness (QED) is 0.535. The lowest BCUT2D eigenvalue weighted by atomic mass is 10.1. The Kier molecular flexibility index (Phi) is 7.44. The average Bonchev–Trinajstić information content (AvgIpc) is 3.22. The molecule has 170 valence electrons. The van der Waals surface area contributed by atoms with Crippen LogP contribution in [0.15, 0.2) is 40.9 Å². The van der Waals surface area contributed by atoms with Crippen LogP contribution in [0.5, 0.6) is 11.5 Å². The lowest BCUT2D eigenvalue weighted by Crippen LogP contribution is -2.38. The van der Waals surface area contributed by atoms with E-state index in [0.717, 1.165) is 55.0 Å². The fourth-order valence-electron chi connectivity index (χ4n) is 3.90. The van der Waals surface area contributed by atoms with E-state index in [4.69, 9.17) is 14.2 Å². The van der Waals surface area contributed by atoms with Gasteiger partial charge in [-0.05, 0) is 42.3 Å². The van der Waals surface area contributed by atoms with Gasteiger partial charge in [-0.15, -0.1) is 0 Å². The summed E-state index contributed by atoms with van der Waals surface area (Å²) in [6.07, 6.45) is 3.64. The molecule has 0 aromatic heterocycles. The van der Waals surface area contributed by atoms with Gasteiger partial charge < -0.3 is 19.1 Å². The summed E-state index contributed by atoms with van der Waals surface area (Å²) in [7, 11) is 1.61. The molecule has 0 spiro atoms. The first kappa shape index (κ1) is 22.8. The van der Waals surface area contributed by atoms with E-state index in [1.54, 1.807) is 24.1 Å². The summed E-state index contributed by atoms with van der Waals surface area (Å²) in [6, 6.07) is 8.43. The highest BCUT2D eigenvalue weighted by atomic mass is 79.9. The molecule has 1 amide bonds. The maximum absolute atomic E-state index is 14.0. The monoisotopic (exact) mass is 504 g/mol. The Balaban J connectivity index is 1.47. The Morgan fingerprint density at radius 3 is 2.78 bits per heavy atom. The normalized spacial score (nSPS) is 16.4. The predicted molar refractivity (Wildman–Crippen MR) is 125 cm³/mol. The first-order chi connectivity index (χ1) is 15.5. The van der Waals surface area contributed by atoms with Gasteiger partial charge in [-0.1, -0.05) is 15.9 Å². The van der Waals surface area contributed by atoms with E-state index in [9.17, 15) is 9.18 Å². The first-order valence-corrected chi connectivity index (χ1v) is 11.4. The highest BCUT2D eigenvalue weighted by Crippen LogP contribution is 2.39. The molecule has 2 aromatic rings. The maximum atomic E-state index is 14.0. The number of ether oxygens (including phenoxy) is 3. The van der Waals surface area contributed by atoms with Gasteiger partial charge in [0.1, 0.15) is 12.4 Å². The van der Waals surface area contributed by atoms with Crippen LogP contribution in [0, 0.1) is 5.82 Å². The fraction of sp³-hybridized carbons (Fsp3) is 0.375. The average molecular weight is 505 g/mol. The highest BCUT2D eigenvalue weighted by Gasteiger charge is 2.26. The van der Waals surface area contributed by atoms with Gasteiger partial charge >= 0.3 is 0 Å². The van der Waals surface area contributed by atoms with Gasteiger partial charge in [0.15, 0.2) is 11.5 Å². The Morgan fingerprint density at radius 1 is 1.19 bits per heavy atom. The van der Waals surface area contributed by atoms with Crippen molar-refractivity contribution in [2.75, 3.05) is 58.0 Å². The molecule has 8 heteroatoms. The van der Waals surface area contributed by atoms with Crippen molar-refractivity contribution in [2.45, 2.75) is 6.42 Å². The molecule has 32 heavy (non-hydrogen) atoms. The second-order valence-corrected chi connectivity index (χ2v) is 8.59. The molecule has 0 radical (unpaired) electrons. The van der Waals surface area contributed by atoms with Crippen molar-refractivity contribution in [3.63, 3.8) is 0 Å². The summed E-state index contributed by atoms with van der Waals surface area (Å²) in [6.45, 7) is 5.17. The number of amides is 1. The van der Waals surface area contributed by atoms with Crippen LogP contribution in [0.4, 0.5) is 10.1 Å². The Hall–Kier alpha value is -2.42. The molecule has 0 unspecified atom stereocenters. The van der Waals surface area contributed by atoms with E-state index in [-0.39, 0.29) is 11.7 Å². The Bertz CT molecular complexity index is 1010. The van der Waals surface area contributed by atoms with Crippen molar-refractivity contribution >= 4 is 33.6 Å². The van der Waals surface area contributed by atoms with Gasteiger partial charge in [0.05, 0.1) is 26.0 Å². The summed E-state index contributed by atoms with van der Waals surface area (Å²) in [4.78, 5) is 16.9. The number of carbonyl (C=O) groups excluding carboxylic acids is 1. The van der Waals surface area contributed by atoms with Crippen molar-refractivity contribution in [1.29, 1.82) is 0 Å². The van der Waals surface area contributed by atoms with Crippen LogP contribution < -0.4 is 14.4 Å². The number of anilines is 1. The van der Waals surface area contributed by atoms with E-state index in [2.05, 4.69) is 20.8 Å². The smallest absolute Gasteiger partial charge is 0.251 e. The third kappa shape index (κ3) is 5.31. The molecule has 0 bridgehead atoms. The third-order valence-corrected chi connectivity index (χ3v) is 6.15. The molecular formula is C24H26BrFN2O4. The number of rotatable bonds is 7. The SMILES string of the molecule is COc1cc2c(cc1OCCN1CCOCC1)N(C(=O)/C=C/c1cc(Br)ccc1F)CC2. The van der Waals surface area contributed by atoms with Crippen LogP contribution >= 0.6 is 15.9 Å². The standard InChI is InChI=1S/C24H26BrFN2O4/c1-30-22-15-18-6-7-28(24(29)5-2-17-14-19(25)3-4-20(17)26)21(18)16-23(22)32-13-10-27-8-11-31-12-9-27/h2-5,14-16H,6-13H2,1H3/b5-2+. The number of nitrogens with zero attached hydrogens (tertiary/aromatic N) is 2. The van der Waals surface area contributed by atoms with Crippen molar-refractivity contribution in [3.8, 4) is 11.5 Å². The zero-order chi connectivity index (χ0) is 22.5. The van der Waals surface area contributed by atoms with Crippen molar-refractivity contribution in [2.24, 2.45) is 0 Å². The molecule has 4 rings (SSSR count). The maximum Gasteiger partial charge on any atom is 0.251 e. The van der Waals surface area contributed by atoms with Gasteiger partial charge in [-0.25, -0.2) is 4.39 Å². The first-order valence-electron chi connectivity index (χ1n) is 10.6. The summed E-state index contributed by atoms with van der Waals surface area (Å²) < 4.78 is 31.7. The predicted octanol–water partition coefficient (Wildman–Crippen LogP) is 3.91. The van der Waals surface area contributed by atoms with Crippen LogP contribution in [0.3, 0.4) is 0 Å². The van der Waals surface area contributed by atoms with E-state index in [1.807, 2.05) is 12.1 Å². The lowest BCUT2D eigenvalue weighted by Gasteiger charge is -2.26. The molecule has 1 saturated heterocycles. The minimum atomic E-state index is -0.375. The minimum Gasteiger partial charge on any atom is -0.493 e. The summed E-state index contributed by atoms with van der Waals surface area (Å²) in [5, 5.41) is 0. The molecule has 1 fully saturated rings. The summed E-state index contributed by atoms with van der Waals surface area (Å²) in [5.41, 5.74) is 2.18. The lowest BCUT2D eigenvalue weighted by molar-refractivity contribution is -0.114. The zero-order valence-corrected chi connectivity index (χ0v) is 19.6. The van der Waals surface area contributed by atoms with Crippen molar-refractivity contribution < 1.29 is 23.4 Å². The third-order valence-electron chi connectivity index (χ3n) is 5.66. The largest absolute Gasteiger partial charge is 0.493 e. The van der Waals surface area contributed by atoms with Crippen LogP contribution in [0.2, 0.25) is 0 Å². The summed E-state index contributed by atoms with van der Waals surface area (Å²) >= 11 is 3.33. The van der Waals surface area contributed by atoms with Crippen LogP contribution in [0.25, 0.3) is 6.08 Å². The van der Waals surface area contributed by atoms with Crippen molar-refractivity contribution in [3.05, 3.63) is 57.8 Å². The Labute approximate surface area is 195 Å². The fourth-order valence-corrected chi connectivity index (χ4v) is 4.28. The number of hydrogen-bond donors (Lipinski definition) is 0. The zero-order valence-electron chi connectivity index (χ0n) is 18.0. The molecule has 0 atom stereocenters. The minimum absolute atomic E-state index is 0.201. The number of halogens is 2. The molecule has 2 aliphatic heterocycles. The molecule has 0 aliphatic carbocycles. The van der Waals surface area contributed by atoms with Gasteiger partial charge in [0.25, 0.3) is 5.91 Å². The number of morpholine rings is 1. The van der Waals surface area contributed by atoms with E-state index in [1.165, 1.54) is 18.2 Å². The molecule has 0 saturated carbocycles. The van der Waals surface area contributed by atoms with E-state index < -0.39 is 0 Å². The number of benzene rings is 2. The molecule has 2 aromatic carbocycles. The number of methoxy groups -OCH3 is 1. The summed E-state index contributed by atoms with van der Waals surface area (Å²) in [5.74, 6) is 0.695. The van der Waals surface area contributed by atoms with Crippen LogP contribution in [0.1, 0.15) is 11.1 Å². The second-order valence-electron chi connectivity index (χ2n) is 7.67. The van der Waals surface area contributed by atoms with Gasteiger partial charge in [0, 0.05) is 48.4 Å². The second kappa shape index (κ2) is 10.5. The molecular weight excluding hydrogens is 479 g/mol. The Morgan fingerprint density at radius 2 is 2.00 bits per heavy atom. The number of fused-ring (bicyclic) bond motifs is 1. The van der Waals surface area contributed by atoms with Gasteiger partial charge in [-0.3, -0.25) is 9.69 Å². The molecule has 2 aliphatic rings. The highest BCUT2D eigenvalue weighted by molar-refractivity contribution is 9.10. The topological polar surface area (TPSA) is 51.2 Å². The molecule has 6 nitrogen and oxygen atoms in total. The number of hydrogen-bond acceptors (Lipinski definition) is 5. The van der Waals surface area contributed by atoms with E-state index >= 15 is 0 Å².